The van der Waals surface area contributed by atoms with Gasteiger partial charge in [-0.2, -0.15) is 0 Å². The zero-order valence-electron chi connectivity index (χ0n) is 22.7. The van der Waals surface area contributed by atoms with Gasteiger partial charge < -0.3 is 28.1 Å². The Bertz CT molecular complexity index is 1550. The number of hydrogen-bond acceptors (Lipinski definition) is 8. The lowest BCUT2D eigenvalue weighted by Gasteiger charge is -2.19. The van der Waals surface area contributed by atoms with Gasteiger partial charge in [-0.3, -0.25) is 4.79 Å². The zero-order valence-corrected chi connectivity index (χ0v) is 22.7. The van der Waals surface area contributed by atoms with Crippen LogP contribution in [0.4, 0.5) is 0 Å². The van der Waals surface area contributed by atoms with Crippen molar-refractivity contribution in [1.29, 1.82) is 0 Å². The monoisotopic (exact) mass is 530 g/mol. The normalized spacial score (nSPS) is 11.4. The number of methoxy groups -OCH3 is 3. The highest BCUT2D eigenvalue weighted by atomic mass is 16.5. The van der Waals surface area contributed by atoms with Gasteiger partial charge in [0, 0.05) is 12.1 Å². The number of ether oxygens (including phenoxy) is 5. The van der Waals surface area contributed by atoms with E-state index in [-0.39, 0.29) is 27.9 Å². The summed E-state index contributed by atoms with van der Waals surface area (Å²) in [6.07, 6.45) is 4.08. The van der Waals surface area contributed by atoms with Gasteiger partial charge in [-0.05, 0) is 59.0 Å². The van der Waals surface area contributed by atoms with Gasteiger partial charge in [-0.15, -0.1) is 0 Å². The molecule has 1 aromatic heterocycles. The van der Waals surface area contributed by atoms with Crippen LogP contribution in [0.3, 0.4) is 0 Å². The molecule has 0 atom stereocenters. The van der Waals surface area contributed by atoms with Gasteiger partial charge >= 0.3 is 5.97 Å². The first-order valence-corrected chi connectivity index (χ1v) is 12.2. The van der Waals surface area contributed by atoms with Gasteiger partial charge in [-0.1, -0.05) is 32.9 Å². The third-order valence-electron chi connectivity index (χ3n) is 5.98. The highest BCUT2D eigenvalue weighted by Gasteiger charge is 2.15. The fourth-order valence-corrected chi connectivity index (χ4v) is 3.89. The second-order valence-corrected chi connectivity index (χ2v) is 9.68. The second-order valence-electron chi connectivity index (χ2n) is 9.68. The van der Waals surface area contributed by atoms with Gasteiger partial charge in [-0.25, -0.2) is 4.79 Å². The molecule has 0 aliphatic rings. The van der Waals surface area contributed by atoms with Crippen molar-refractivity contribution in [2.24, 2.45) is 0 Å². The highest BCUT2D eigenvalue weighted by Crippen LogP contribution is 2.38. The number of benzene rings is 3. The molecule has 0 N–H and O–H groups in total. The van der Waals surface area contributed by atoms with Crippen LogP contribution in [0.1, 0.15) is 31.9 Å². The highest BCUT2D eigenvalue weighted by molar-refractivity contribution is 5.89. The molecule has 0 aliphatic carbocycles. The number of rotatable bonds is 8. The first kappa shape index (κ1) is 27.3. The van der Waals surface area contributed by atoms with Gasteiger partial charge in [0.1, 0.15) is 23.3 Å². The summed E-state index contributed by atoms with van der Waals surface area (Å²) in [6, 6.07) is 15.5. The van der Waals surface area contributed by atoms with Crippen molar-refractivity contribution in [3.63, 3.8) is 0 Å². The molecule has 8 nitrogen and oxygen atoms in total. The predicted molar refractivity (Wildman–Crippen MR) is 148 cm³/mol. The maximum Gasteiger partial charge on any atom is 0.336 e. The van der Waals surface area contributed by atoms with E-state index < -0.39 is 5.97 Å². The van der Waals surface area contributed by atoms with E-state index in [1.54, 1.807) is 18.2 Å². The summed E-state index contributed by atoms with van der Waals surface area (Å²) in [7, 11) is 4.53. The smallest absolute Gasteiger partial charge is 0.336 e. The average molecular weight is 531 g/mol. The Hall–Kier alpha value is -4.72. The lowest BCUT2D eigenvalue weighted by Crippen LogP contribution is -2.10. The number of fused-ring (bicyclic) bond motifs is 1. The van der Waals surface area contributed by atoms with Crippen molar-refractivity contribution < 1.29 is 32.9 Å². The molecule has 0 amide bonds. The van der Waals surface area contributed by atoms with Crippen molar-refractivity contribution in [3.05, 3.63) is 88.3 Å². The molecule has 202 valence electrons. The Labute approximate surface area is 226 Å². The second kappa shape index (κ2) is 11.3. The van der Waals surface area contributed by atoms with E-state index in [2.05, 4.69) is 20.8 Å². The average Bonchev–Trinajstić information content (AvgIpc) is 2.92. The Morgan fingerprint density at radius 2 is 1.46 bits per heavy atom. The molecular weight excluding hydrogens is 500 g/mol. The van der Waals surface area contributed by atoms with Gasteiger partial charge in [0.15, 0.2) is 11.5 Å². The van der Waals surface area contributed by atoms with E-state index in [0.717, 1.165) is 5.56 Å². The maximum atomic E-state index is 13.0. The fourth-order valence-electron chi connectivity index (χ4n) is 3.89. The van der Waals surface area contributed by atoms with Crippen LogP contribution in [0, 0.1) is 0 Å². The Morgan fingerprint density at radius 3 is 2.05 bits per heavy atom. The maximum absolute atomic E-state index is 13.0. The van der Waals surface area contributed by atoms with Crippen molar-refractivity contribution in [2.45, 2.75) is 26.2 Å². The summed E-state index contributed by atoms with van der Waals surface area (Å²) in [4.78, 5) is 25.4. The number of carbonyl (C=O) groups excluding carboxylic acids is 1. The van der Waals surface area contributed by atoms with Crippen LogP contribution in [0.15, 0.2) is 76.1 Å². The molecule has 0 unspecified atom stereocenters. The van der Waals surface area contributed by atoms with Crippen LogP contribution in [-0.2, 0) is 10.2 Å². The van der Waals surface area contributed by atoms with Crippen molar-refractivity contribution in [2.75, 3.05) is 21.3 Å². The summed E-state index contributed by atoms with van der Waals surface area (Å²) < 4.78 is 32.8. The van der Waals surface area contributed by atoms with Crippen LogP contribution < -0.4 is 29.1 Å². The molecule has 8 heteroatoms. The summed E-state index contributed by atoms with van der Waals surface area (Å²) in [5.41, 5.74) is 1.73. The van der Waals surface area contributed by atoms with Crippen molar-refractivity contribution in [3.8, 4) is 34.5 Å². The van der Waals surface area contributed by atoms with Crippen LogP contribution in [0.5, 0.6) is 34.5 Å². The van der Waals surface area contributed by atoms with E-state index in [4.69, 9.17) is 28.1 Å². The third-order valence-corrected chi connectivity index (χ3v) is 5.98. The molecule has 4 rings (SSSR count). The molecule has 4 aromatic rings. The summed E-state index contributed by atoms with van der Waals surface area (Å²) in [5, 5.41) is 0.298. The van der Waals surface area contributed by atoms with Crippen LogP contribution in [-0.4, -0.2) is 27.3 Å². The first-order valence-electron chi connectivity index (χ1n) is 12.2. The number of carbonyl (C=O) groups is 1. The molecule has 0 aliphatic heterocycles. The van der Waals surface area contributed by atoms with Gasteiger partial charge in [0.25, 0.3) is 0 Å². The van der Waals surface area contributed by atoms with E-state index in [1.807, 2.05) is 24.3 Å². The van der Waals surface area contributed by atoms with Crippen LogP contribution in [0.2, 0.25) is 0 Å². The van der Waals surface area contributed by atoms with E-state index in [9.17, 15) is 9.59 Å². The van der Waals surface area contributed by atoms with E-state index in [0.29, 0.717) is 33.9 Å². The molecule has 1 heterocycles. The number of esters is 1. The SMILES string of the molecule is COc1cc(C=CC(=O)Oc2ccc3c(=O)c(Oc4ccc(C(C)(C)C)cc4)coc3c2)cc(OC)c1OC. The zero-order chi connectivity index (χ0) is 28.2. The summed E-state index contributed by atoms with van der Waals surface area (Å²) >= 11 is 0. The lowest BCUT2D eigenvalue weighted by molar-refractivity contribution is -0.128. The van der Waals surface area contributed by atoms with Crippen LogP contribution >= 0.6 is 0 Å². The molecular formula is C31H30O8. The topological polar surface area (TPSA) is 93.4 Å². The molecule has 0 fully saturated rings. The van der Waals surface area contributed by atoms with Crippen molar-refractivity contribution >= 4 is 23.0 Å². The van der Waals surface area contributed by atoms with Gasteiger partial charge in [0.05, 0.1) is 26.7 Å². The molecule has 0 spiro atoms. The minimum absolute atomic E-state index is 0.00817. The van der Waals surface area contributed by atoms with Crippen LogP contribution in [0.25, 0.3) is 17.0 Å². The van der Waals surface area contributed by atoms with Gasteiger partial charge in [0.2, 0.25) is 16.9 Å². The van der Waals surface area contributed by atoms with E-state index in [1.165, 1.54) is 51.9 Å². The summed E-state index contributed by atoms with van der Waals surface area (Å²) in [6.45, 7) is 6.37. The lowest BCUT2D eigenvalue weighted by atomic mass is 9.87. The first-order chi connectivity index (χ1) is 18.6. The fraction of sp³-hybridized carbons (Fsp3) is 0.226. The molecule has 0 saturated carbocycles. The molecule has 0 saturated heterocycles. The largest absolute Gasteiger partial charge is 0.493 e. The molecule has 3 aromatic carbocycles. The standard InChI is InChI=1S/C31H30O8/c1-31(2,3)20-8-10-21(11-9-20)38-27-18-37-24-17-22(12-13-23(24)29(27)33)39-28(32)14-7-19-15-25(34-4)30(36-6)26(16-19)35-5/h7-18H,1-6H3. The third kappa shape index (κ3) is 6.23. The Balaban J connectivity index is 1.49. The number of hydrogen-bond donors (Lipinski definition) is 0. The molecule has 0 radical (unpaired) electrons. The van der Waals surface area contributed by atoms with E-state index >= 15 is 0 Å². The Morgan fingerprint density at radius 1 is 0.821 bits per heavy atom. The van der Waals surface area contributed by atoms with Crippen molar-refractivity contribution in [1.82, 2.24) is 0 Å². The summed E-state index contributed by atoms with van der Waals surface area (Å²) in [5.74, 6) is 1.55. The molecule has 39 heavy (non-hydrogen) atoms. The minimum Gasteiger partial charge on any atom is -0.493 e. The predicted octanol–water partition coefficient (Wildman–Crippen LogP) is 6.53. The minimum atomic E-state index is -0.621. The molecule has 0 bridgehead atoms. The quantitative estimate of drug-likeness (QED) is 0.144. The Kier molecular flexibility index (Phi) is 7.95.